The minimum atomic E-state index is -0.0453. The molecule has 1 heterocycles. The van der Waals surface area contributed by atoms with E-state index in [1.54, 1.807) is 24.8 Å². The van der Waals surface area contributed by atoms with Crippen LogP contribution in [0, 0.1) is 0 Å². The van der Waals surface area contributed by atoms with Crippen LogP contribution in [0.5, 0.6) is 11.5 Å². The maximum absolute atomic E-state index is 12.1. The molecular weight excluding hydrogens is 358 g/mol. The Morgan fingerprint density at radius 1 is 1.13 bits per heavy atom. The third kappa shape index (κ3) is 3.10. The minimum absolute atomic E-state index is 0.0453. The number of halogens is 1. The molecule has 0 amide bonds. The van der Waals surface area contributed by atoms with Gasteiger partial charge in [-0.15, -0.1) is 0 Å². The first-order valence-electron chi connectivity index (χ1n) is 7.14. The van der Waals surface area contributed by atoms with E-state index in [0.29, 0.717) is 12.4 Å². The number of hydrogen-bond donors (Lipinski definition) is 0. The maximum atomic E-state index is 12.1. The fourth-order valence-electron chi connectivity index (χ4n) is 2.48. The summed E-state index contributed by atoms with van der Waals surface area (Å²) in [6, 6.07) is 15.0. The number of hydrogen-bond acceptors (Lipinski definition) is 3. The van der Waals surface area contributed by atoms with Crippen molar-refractivity contribution in [3.63, 3.8) is 0 Å². The van der Waals surface area contributed by atoms with Crippen molar-refractivity contribution in [1.29, 1.82) is 0 Å². The van der Waals surface area contributed by atoms with E-state index in [1.807, 2.05) is 42.5 Å². The first kappa shape index (κ1) is 15.6. The summed E-state index contributed by atoms with van der Waals surface area (Å²) in [6.07, 6.45) is 0. The number of benzene rings is 2. The van der Waals surface area contributed by atoms with Crippen LogP contribution in [-0.4, -0.2) is 11.7 Å². The Kier molecular flexibility index (Phi) is 4.39. The fourth-order valence-corrected chi connectivity index (χ4v) is 2.95. The van der Waals surface area contributed by atoms with Crippen molar-refractivity contribution in [3.05, 3.63) is 68.9 Å². The van der Waals surface area contributed by atoms with Gasteiger partial charge in [-0.05, 0) is 40.2 Å². The molecule has 1 aromatic heterocycles. The molecule has 3 aromatic rings. The second-order valence-corrected chi connectivity index (χ2v) is 6.02. The highest BCUT2D eigenvalue weighted by Gasteiger charge is 2.08. The van der Waals surface area contributed by atoms with Crippen molar-refractivity contribution >= 4 is 26.8 Å². The highest BCUT2D eigenvalue weighted by atomic mass is 79.9. The number of pyridine rings is 1. The molecule has 3 rings (SSSR count). The Hall–Kier alpha value is -2.27. The maximum Gasteiger partial charge on any atom is 0.251 e. The molecule has 0 N–H and O–H groups in total. The molecule has 0 radical (unpaired) electrons. The van der Waals surface area contributed by atoms with Crippen LogP contribution < -0.4 is 15.0 Å². The lowest BCUT2D eigenvalue weighted by molar-refractivity contribution is 0.304. The second kappa shape index (κ2) is 6.46. The van der Waals surface area contributed by atoms with Gasteiger partial charge in [-0.2, -0.15) is 0 Å². The molecule has 0 bridgehead atoms. The Bertz CT molecular complexity index is 918. The number of fused-ring (bicyclic) bond motifs is 1. The first-order chi connectivity index (χ1) is 11.1. The Balaban J connectivity index is 1.94. The molecule has 0 saturated heterocycles. The zero-order valence-electron chi connectivity index (χ0n) is 12.9. The standard InChI is InChI=1S/C18H16BrNO3/c1-20-16-6-4-3-5-14(16)12(9-18(20)21)11-23-17-8-7-13(22-2)10-15(17)19/h3-10H,11H2,1-2H3. The van der Waals surface area contributed by atoms with Gasteiger partial charge >= 0.3 is 0 Å². The van der Waals surface area contributed by atoms with Crippen LogP contribution in [0.25, 0.3) is 10.9 Å². The molecule has 4 nitrogen and oxygen atoms in total. The lowest BCUT2D eigenvalue weighted by Crippen LogP contribution is -2.17. The molecule has 0 saturated carbocycles. The van der Waals surface area contributed by atoms with E-state index in [1.165, 1.54) is 0 Å². The third-order valence-corrected chi connectivity index (χ3v) is 4.38. The summed E-state index contributed by atoms with van der Waals surface area (Å²) in [5.41, 5.74) is 1.72. The Labute approximate surface area is 142 Å². The molecule has 0 unspecified atom stereocenters. The van der Waals surface area contributed by atoms with Crippen LogP contribution in [0.2, 0.25) is 0 Å². The topological polar surface area (TPSA) is 40.5 Å². The summed E-state index contributed by atoms with van der Waals surface area (Å²) >= 11 is 3.47. The molecular formula is C18H16BrNO3. The summed E-state index contributed by atoms with van der Waals surface area (Å²) in [5.74, 6) is 1.46. The first-order valence-corrected chi connectivity index (χ1v) is 7.93. The molecule has 0 aliphatic carbocycles. The van der Waals surface area contributed by atoms with Crippen LogP contribution in [0.15, 0.2) is 57.8 Å². The van der Waals surface area contributed by atoms with Crippen molar-refractivity contribution in [3.8, 4) is 11.5 Å². The van der Waals surface area contributed by atoms with Crippen LogP contribution in [0.4, 0.5) is 0 Å². The minimum Gasteiger partial charge on any atom is -0.497 e. The van der Waals surface area contributed by atoms with Gasteiger partial charge in [0.05, 0.1) is 17.1 Å². The van der Waals surface area contributed by atoms with Gasteiger partial charge in [0.15, 0.2) is 0 Å². The zero-order valence-corrected chi connectivity index (χ0v) is 14.5. The molecule has 0 spiro atoms. The predicted octanol–water partition coefficient (Wildman–Crippen LogP) is 3.89. The normalized spacial score (nSPS) is 10.7. The molecule has 23 heavy (non-hydrogen) atoms. The van der Waals surface area contributed by atoms with Gasteiger partial charge in [-0.1, -0.05) is 18.2 Å². The molecule has 0 aliphatic rings. The van der Waals surface area contributed by atoms with Crippen LogP contribution in [0.1, 0.15) is 5.56 Å². The van der Waals surface area contributed by atoms with Crippen molar-refractivity contribution < 1.29 is 9.47 Å². The van der Waals surface area contributed by atoms with Gasteiger partial charge in [0.1, 0.15) is 18.1 Å². The average molecular weight is 374 g/mol. The Morgan fingerprint density at radius 3 is 2.65 bits per heavy atom. The van der Waals surface area contributed by atoms with Crippen LogP contribution in [-0.2, 0) is 13.7 Å². The molecule has 2 aromatic carbocycles. The molecule has 0 aliphatic heterocycles. The zero-order chi connectivity index (χ0) is 16.4. The number of aryl methyl sites for hydroxylation is 1. The van der Waals surface area contributed by atoms with Crippen molar-refractivity contribution in [1.82, 2.24) is 4.57 Å². The van der Waals surface area contributed by atoms with Crippen molar-refractivity contribution in [2.75, 3.05) is 7.11 Å². The van der Waals surface area contributed by atoms with Crippen molar-refractivity contribution in [2.45, 2.75) is 6.61 Å². The highest BCUT2D eigenvalue weighted by Crippen LogP contribution is 2.30. The van der Waals surface area contributed by atoms with Gasteiger partial charge in [0.25, 0.3) is 5.56 Å². The summed E-state index contributed by atoms with van der Waals surface area (Å²) in [5, 5.41) is 1.01. The molecule has 0 fully saturated rings. The monoisotopic (exact) mass is 373 g/mol. The number of aromatic nitrogens is 1. The van der Waals surface area contributed by atoms with Crippen LogP contribution >= 0.6 is 15.9 Å². The number of para-hydroxylation sites is 1. The van der Waals surface area contributed by atoms with Gasteiger partial charge in [-0.25, -0.2) is 0 Å². The van der Waals surface area contributed by atoms with E-state index < -0.39 is 0 Å². The number of nitrogens with zero attached hydrogens (tertiary/aromatic N) is 1. The quantitative estimate of drug-likeness (QED) is 0.696. The van der Waals surface area contributed by atoms with Gasteiger partial charge in [0.2, 0.25) is 0 Å². The summed E-state index contributed by atoms with van der Waals surface area (Å²) in [7, 11) is 3.39. The van der Waals surface area contributed by atoms with Gasteiger partial charge in [0, 0.05) is 24.1 Å². The summed E-state index contributed by atoms with van der Waals surface area (Å²) < 4.78 is 13.5. The van der Waals surface area contributed by atoms with E-state index in [-0.39, 0.29) is 5.56 Å². The predicted molar refractivity (Wildman–Crippen MR) is 94.2 cm³/mol. The lowest BCUT2D eigenvalue weighted by Gasteiger charge is -2.12. The van der Waals surface area contributed by atoms with Crippen molar-refractivity contribution in [2.24, 2.45) is 7.05 Å². The summed E-state index contributed by atoms with van der Waals surface area (Å²) in [4.78, 5) is 12.1. The Morgan fingerprint density at radius 2 is 1.91 bits per heavy atom. The molecule has 5 heteroatoms. The van der Waals surface area contributed by atoms with E-state index in [4.69, 9.17) is 9.47 Å². The summed E-state index contributed by atoms with van der Waals surface area (Å²) in [6.45, 7) is 0.321. The largest absolute Gasteiger partial charge is 0.497 e. The van der Waals surface area contributed by atoms with Gasteiger partial charge in [-0.3, -0.25) is 4.79 Å². The molecule has 118 valence electrons. The molecule has 0 atom stereocenters. The van der Waals surface area contributed by atoms with E-state index in [2.05, 4.69) is 15.9 Å². The number of ether oxygens (including phenoxy) is 2. The lowest BCUT2D eigenvalue weighted by atomic mass is 10.1. The average Bonchev–Trinajstić information content (AvgIpc) is 2.57. The number of methoxy groups -OCH3 is 1. The smallest absolute Gasteiger partial charge is 0.251 e. The third-order valence-electron chi connectivity index (χ3n) is 3.76. The number of rotatable bonds is 4. The van der Waals surface area contributed by atoms with E-state index in [0.717, 1.165) is 26.7 Å². The highest BCUT2D eigenvalue weighted by molar-refractivity contribution is 9.10. The van der Waals surface area contributed by atoms with E-state index >= 15 is 0 Å². The SMILES string of the molecule is COc1ccc(OCc2cc(=O)n(C)c3ccccc23)c(Br)c1. The van der Waals surface area contributed by atoms with Gasteiger partial charge < -0.3 is 14.0 Å². The van der Waals surface area contributed by atoms with Crippen LogP contribution in [0.3, 0.4) is 0 Å². The second-order valence-electron chi connectivity index (χ2n) is 5.17. The van der Waals surface area contributed by atoms with E-state index in [9.17, 15) is 4.79 Å². The fraction of sp³-hybridized carbons (Fsp3) is 0.167.